The van der Waals surface area contributed by atoms with E-state index in [9.17, 15) is 4.79 Å². The van der Waals surface area contributed by atoms with Gasteiger partial charge in [-0.25, -0.2) is 6.57 Å². The van der Waals surface area contributed by atoms with Crippen LogP contribution >= 0.6 is 0 Å². The lowest BCUT2D eigenvalue weighted by molar-refractivity contribution is -0.128. The van der Waals surface area contributed by atoms with Gasteiger partial charge in [0.15, 0.2) is 0 Å². The van der Waals surface area contributed by atoms with Crippen LogP contribution in [-0.4, -0.2) is 90.2 Å². The van der Waals surface area contributed by atoms with Gasteiger partial charge >= 0.3 is 6.01 Å². The van der Waals surface area contributed by atoms with E-state index in [4.69, 9.17) is 21.3 Å². The number of carbonyl (C=O) groups is 1. The maximum Gasteiger partial charge on any atom is 0.318 e. The monoisotopic (exact) mass is 633 g/mol. The second-order valence-corrected chi connectivity index (χ2v) is 14.3. The van der Waals surface area contributed by atoms with Crippen molar-refractivity contribution >= 4 is 28.2 Å². The fourth-order valence-corrected chi connectivity index (χ4v) is 8.35. The number of benzene rings is 2. The van der Waals surface area contributed by atoms with Crippen LogP contribution in [0.5, 0.6) is 6.01 Å². The molecule has 1 aromatic heterocycles. The molecule has 0 N–H and O–H groups in total. The maximum atomic E-state index is 12.6. The van der Waals surface area contributed by atoms with E-state index in [0.717, 1.165) is 36.6 Å². The molecule has 3 heterocycles. The average Bonchev–Trinajstić information content (AvgIpc) is 3.70. The molecule has 9 nitrogen and oxygen atoms in total. The fourth-order valence-electron chi connectivity index (χ4n) is 8.35. The van der Waals surface area contributed by atoms with Gasteiger partial charge < -0.3 is 24.3 Å². The largest absolute Gasteiger partial charge is 0.459 e. The van der Waals surface area contributed by atoms with Crippen molar-refractivity contribution in [2.24, 2.45) is 5.41 Å². The third-order valence-corrected chi connectivity index (χ3v) is 11.1. The molecule has 3 fully saturated rings. The van der Waals surface area contributed by atoms with Crippen LogP contribution < -0.4 is 14.5 Å². The number of ether oxygens (including phenoxy) is 1. The topological polar surface area (TPSA) is 69.4 Å². The highest BCUT2D eigenvalue weighted by Crippen LogP contribution is 2.58. The van der Waals surface area contributed by atoms with E-state index in [1.54, 1.807) is 4.90 Å². The summed E-state index contributed by atoms with van der Waals surface area (Å²) in [6.07, 6.45) is 8.83. The second-order valence-electron chi connectivity index (χ2n) is 14.3. The Hall–Kier alpha value is -4.16. The van der Waals surface area contributed by atoms with Gasteiger partial charge in [0, 0.05) is 55.4 Å². The van der Waals surface area contributed by atoms with E-state index in [0.29, 0.717) is 43.6 Å². The number of hydrogen-bond donors (Lipinski definition) is 0. The van der Waals surface area contributed by atoms with Crippen molar-refractivity contribution in [3.05, 3.63) is 77.3 Å². The minimum Gasteiger partial charge on any atom is -0.459 e. The predicted octanol–water partition coefficient (Wildman–Crippen LogP) is 5.66. The van der Waals surface area contributed by atoms with Crippen molar-refractivity contribution in [3.8, 4) is 6.01 Å². The van der Waals surface area contributed by atoms with Gasteiger partial charge in [0.2, 0.25) is 12.5 Å². The fraction of sp³-hybridized carbons (Fsp3) is 0.526. The van der Waals surface area contributed by atoms with Gasteiger partial charge in [-0.05, 0) is 87.9 Å². The zero-order valence-electron chi connectivity index (χ0n) is 28.1. The summed E-state index contributed by atoms with van der Waals surface area (Å²) in [5.41, 5.74) is 5.25. The number of rotatable bonds is 9. The molecule has 0 radical (unpaired) electrons. The standard InChI is InChI=1S/C38H47N7O2/c1-6-34(46)45-20-19-44(24-30(45)22-39-4)36-31-14-18-43(33-12-8-11-28-10-7-9-26(2)35(28)33)25-32(31)40-37(41-36)47-27(3)23-42(5)29-13-15-38(21-29)16-17-38/h6-12,27,29-30H,1,13-25H2,2-3,5H3/t27-,29?,30-/m0/s1. The van der Waals surface area contributed by atoms with Gasteiger partial charge in [0.1, 0.15) is 18.0 Å². The normalized spacial score (nSPS) is 22.3. The van der Waals surface area contributed by atoms with E-state index in [1.807, 2.05) is 0 Å². The Morgan fingerprint density at radius 2 is 1.98 bits per heavy atom. The Kier molecular flexibility index (Phi) is 8.56. The van der Waals surface area contributed by atoms with Crippen LogP contribution in [0.15, 0.2) is 49.1 Å². The van der Waals surface area contributed by atoms with Crippen LogP contribution in [0.4, 0.5) is 11.5 Å². The average molecular weight is 634 g/mol. The SMILES string of the molecule is [C-]#[N+]C[C@H]1CN(c2nc(O[C@@H](C)CN(C)C3CCC4(CC4)C3)nc3c2CCN(c2cccc4cccc(C)c24)C3)CCN1C(=O)C=C. The molecule has 7 rings (SSSR count). The van der Waals surface area contributed by atoms with Crippen LogP contribution in [0.3, 0.4) is 0 Å². The maximum absolute atomic E-state index is 12.6. The lowest BCUT2D eigenvalue weighted by Crippen LogP contribution is -2.56. The third-order valence-electron chi connectivity index (χ3n) is 11.1. The lowest BCUT2D eigenvalue weighted by atomic mass is 9.99. The number of amides is 1. The molecule has 1 spiro atoms. The molecule has 1 unspecified atom stereocenters. The highest BCUT2D eigenvalue weighted by atomic mass is 16.5. The first-order valence-electron chi connectivity index (χ1n) is 17.3. The van der Waals surface area contributed by atoms with E-state index in [-0.39, 0.29) is 24.6 Å². The molecule has 2 aliphatic heterocycles. The Bertz CT molecular complexity index is 1710. The Labute approximate surface area is 279 Å². The summed E-state index contributed by atoms with van der Waals surface area (Å²) in [7, 11) is 2.23. The van der Waals surface area contributed by atoms with Crippen molar-refractivity contribution in [2.45, 2.75) is 77.1 Å². The number of nitrogens with zero attached hydrogens (tertiary/aromatic N) is 7. The summed E-state index contributed by atoms with van der Waals surface area (Å²) in [6.45, 7) is 19.8. The molecule has 3 aromatic rings. The summed E-state index contributed by atoms with van der Waals surface area (Å²) in [5.74, 6) is 0.757. The van der Waals surface area contributed by atoms with Gasteiger partial charge in [-0.3, -0.25) is 9.69 Å². The summed E-state index contributed by atoms with van der Waals surface area (Å²) in [6, 6.07) is 13.8. The minimum absolute atomic E-state index is 0.0704. The molecule has 1 amide bonds. The molecule has 3 atom stereocenters. The highest BCUT2D eigenvalue weighted by molar-refractivity contribution is 5.97. The number of aryl methyl sites for hydroxylation is 1. The molecule has 2 aliphatic carbocycles. The van der Waals surface area contributed by atoms with Crippen molar-refractivity contribution in [2.75, 3.05) is 56.1 Å². The number of piperazine rings is 1. The van der Waals surface area contributed by atoms with Crippen LogP contribution in [-0.2, 0) is 17.8 Å². The number of fused-ring (bicyclic) bond motifs is 2. The van der Waals surface area contributed by atoms with Crippen LogP contribution in [0.2, 0.25) is 0 Å². The first-order valence-corrected chi connectivity index (χ1v) is 17.3. The van der Waals surface area contributed by atoms with E-state index in [1.165, 1.54) is 60.2 Å². The number of anilines is 2. The minimum atomic E-state index is -0.228. The second kappa shape index (κ2) is 12.8. The smallest absolute Gasteiger partial charge is 0.318 e. The number of aromatic nitrogens is 2. The Morgan fingerprint density at radius 3 is 2.72 bits per heavy atom. The lowest BCUT2D eigenvalue weighted by Gasteiger charge is -2.41. The van der Waals surface area contributed by atoms with Crippen LogP contribution in [0.1, 0.15) is 55.8 Å². The molecule has 47 heavy (non-hydrogen) atoms. The summed E-state index contributed by atoms with van der Waals surface area (Å²) >= 11 is 0. The first kappa shape index (κ1) is 31.4. The van der Waals surface area contributed by atoms with Gasteiger partial charge in [0.05, 0.1) is 12.2 Å². The number of likely N-dealkylation sites (N-methyl/N-ethyl adjacent to an activating group) is 1. The van der Waals surface area contributed by atoms with Crippen molar-refractivity contribution in [1.29, 1.82) is 0 Å². The number of carbonyl (C=O) groups excluding carboxylic acids is 1. The van der Waals surface area contributed by atoms with Crippen molar-refractivity contribution in [3.63, 3.8) is 0 Å². The molecular formula is C38H47N7O2. The molecule has 4 aliphatic rings. The molecule has 0 bridgehead atoms. The zero-order chi connectivity index (χ0) is 32.7. The highest BCUT2D eigenvalue weighted by Gasteiger charge is 2.49. The van der Waals surface area contributed by atoms with Gasteiger partial charge in [-0.2, -0.15) is 9.97 Å². The van der Waals surface area contributed by atoms with Crippen LogP contribution in [0.25, 0.3) is 15.6 Å². The molecule has 1 saturated heterocycles. The Morgan fingerprint density at radius 1 is 1.17 bits per heavy atom. The van der Waals surface area contributed by atoms with Gasteiger partial charge in [-0.1, -0.05) is 36.9 Å². The Balaban J connectivity index is 1.18. The molecule has 2 saturated carbocycles. The molecule has 9 heteroatoms. The first-order chi connectivity index (χ1) is 22.8. The summed E-state index contributed by atoms with van der Waals surface area (Å²) in [4.78, 5) is 35.4. The van der Waals surface area contributed by atoms with Crippen LogP contribution in [0, 0.1) is 18.9 Å². The van der Waals surface area contributed by atoms with E-state index < -0.39 is 0 Å². The van der Waals surface area contributed by atoms with E-state index >= 15 is 0 Å². The quantitative estimate of drug-likeness (QED) is 0.223. The molecule has 246 valence electrons. The third kappa shape index (κ3) is 6.28. The molecule has 2 aromatic carbocycles. The summed E-state index contributed by atoms with van der Waals surface area (Å²) < 4.78 is 6.56. The van der Waals surface area contributed by atoms with Crippen molar-refractivity contribution < 1.29 is 9.53 Å². The zero-order valence-corrected chi connectivity index (χ0v) is 28.1. The van der Waals surface area contributed by atoms with Crippen molar-refractivity contribution in [1.82, 2.24) is 19.8 Å². The van der Waals surface area contributed by atoms with Gasteiger partial charge in [-0.15, -0.1) is 0 Å². The number of hydrogen-bond acceptors (Lipinski definition) is 7. The summed E-state index contributed by atoms with van der Waals surface area (Å²) in [5, 5.41) is 2.53. The van der Waals surface area contributed by atoms with Gasteiger partial charge in [0.25, 0.3) is 0 Å². The predicted molar refractivity (Wildman–Crippen MR) is 187 cm³/mol. The molecular weight excluding hydrogens is 586 g/mol. The van der Waals surface area contributed by atoms with E-state index in [2.05, 4.69) is 83.4 Å².